The number of nitrogens with zero attached hydrogens (tertiary/aromatic N) is 1. The van der Waals surface area contributed by atoms with Gasteiger partial charge in [0.25, 0.3) is 0 Å². The van der Waals surface area contributed by atoms with Crippen LogP contribution in [0.5, 0.6) is 0 Å². The second kappa shape index (κ2) is 9.31. The molecule has 0 heterocycles. The van der Waals surface area contributed by atoms with Gasteiger partial charge in [-0.1, -0.05) is 57.0 Å². The maximum absolute atomic E-state index is 11.6. The van der Waals surface area contributed by atoms with Gasteiger partial charge in [-0.15, -0.1) is 0 Å². The molecule has 0 spiro atoms. The van der Waals surface area contributed by atoms with E-state index in [1.54, 1.807) is 0 Å². The third kappa shape index (κ3) is 6.18. The first-order valence-electron chi connectivity index (χ1n) is 7.18. The molecule has 0 bridgehead atoms. The highest BCUT2D eigenvalue weighted by Gasteiger charge is 2.04. The van der Waals surface area contributed by atoms with Gasteiger partial charge in [0.15, 0.2) is 0 Å². The number of unbranched alkanes of at least 4 members (excludes halogenated alkanes) is 2. The van der Waals surface area contributed by atoms with Crippen molar-refractivity contribution < 1.29 is 4.79 Å². The molecular weight excluding hydrogens is 236 g/mol. The van der Waals surface area contributed by atoms with Crippen LogP contribution in [0.3, 0.4) is 0 Å². The smallest absolute Gasteiger partial charge is 0.240 e. The van der Waals surface area contributed by atoms with Crippen LogP contribution in [0.15, 0.2) is 35.4 Å². The number of amides is 1. The number of hydrazone groups is 1. The quantitative estimate of drug-likeness (QED) is 0.559. The fourth-order valence-electron chi connectivity index (χ4n) is 1.76. The average molecular weight is 260 g/mol. The van der Waals surface area contributed by atoms with Gasteiger partial charge in [-0.25, -0.2) is 5.43 Å². The van der Waals surface area contributed by atoms with E-state index < -0.39 is 0 Å². The van der Waals surface area contributed by atoms with Crippen molar-refractivity contribution in [2.24, 2.45) is 5.10 Å². The molecule has 19 heavy (non-hydrogen) atoms. The van der Waals surface area contributed by atoms with Gasteiger partial charge in [-0.3, -0.25) is 4.79 Å². The van der Waals surface area contributed by atoms with Crippen molar-refractivity contribution in [1.29, 1.82) is 0 Å². The van der Waals surface area contributed by atoms with E-state index in [0.717, 1.165) is 43.4 Å². The van der Waals surface area contributed by atoms with Gasteiger partial charge in [0, 0.05) is 6.42 Å². The monoisotopic (exact) mass is 260 g/mol. The van der Waals surface area contributed by atoms with Crippen LogP contribution >= 0.6 is 0 Å². The Morgan fingerprint density at radius 2 is 1.68 bits per heavy atom. The summed E-state index contributed by atoms with van der Waals surface area (Å²) in [5, 5.41) is 4.30. The van der Waals surface area contributed by atoms with Gasteiger partial charge in [0.05, 0.1) is 5.71 Å². The van der Waals surface area contributed by atoms with Crippen LogP contribution in [0.2, 0.25) is 0 Å². The summed E-state index contributed by atoms with van der Waals surface area (Å²) >= 11 is 0. The molecule has 3 nitrogen and oxygen atoms in total. The number of benzene rings is 1. The van der Waals surface area contributed by atoms with E-state index >= 15 is 0 Å². The molecule has 0 fully saturated rings. The molecule has 3 heteroatoms. The Bertz CT molecular complexity index is 398. The number of hydrogen-bond acceptors (Lipinski definition) is 2. The third-order valence-corrected chi connectivity index (χ3v) is 2.95. The molecule has 0 aliphatic carbocycles. The standard InChI is InChI=1S/C16H24N2O/c1-3-5-12-15(14-10-8-7-9-11-14)17-18-16(19)13-6-4-2/h7-11H,3-6,12-13H2,1-2H3,(H,18,19). The Balaban J connectivity index is 2.66. The highest BCUT2D eigenvalue weighted by molar-refractivity contribution is 6.01. The summed E-state index contributed by atoms with van der Waals surface area (Å²) in [6.45, 7) is 4.23. The highest BCUT2D eigenvalue weighted by Crippen LogP contribution is 2.07. The van der Waals surface area contributed by atoms with Crippen LogP contribution in [0, 0.1) is 0 Å². The largest absolute Gasteiger partial charge is 0.273 e. The minimum atomic E-state index is 0.00628. The average Bonchev–Trinajstić information content (AvgIpc) is 2.46. The lowest BCUT2D eigenvalue weighted by Crippen LogP contribution is -2.19. The lowest BCUT2D eigenvalue weighted by Gasteiger charge is -2.07. The molecule has 1 amide bonds. The van der Waals surface area contributed by atoms with Crippen molar-refractivity contribution >= 4 is 11.6 Å². The molecule has 1 aromatic carbocycles. The summed E-state index contributed by atoms with van der Waals surface area (Å²) in [6.07, 6.45) is 5.59. The van der Waals surface area contributed by atoms with E-state index in [1.165, 1.54) is 0 Å². The molecule has 104 valence electrons. The van der Waals surface area contributed by atoms with E-state index in [1.807, 2.05) is 30.3 Å². The van der Waals surface area contributed by atoms with E-state index in [-0.39, 0.29) is 5.91 Å². The molecule has 0 atom stereocenters. The highest BCUT2D eigenvalue weighted by atomic mass is 16.2. The van der Waals surface area contributed by atoms with E-state index in [0.29, 0.717) is 6.42 Å². The summed E-state index contributed by atoms with van der Waals surface area (Å²) in [7, 11) is 0. The molecule has 0 saturated heterocycles. The second-order valence-corrected chi connectivity index (χ2v) is 4.67. The minimum Gasteiger partial charge on any atom is -0.273 e. The van der Waals surface area contributed by atoms with Crippen LogP contribution in [0.1, 0.15) is 57.9 Å². The molecule has 0 aliphatic heterocycles. The maximum Gasteiger partial charge on any atom is 0.240 e. The fraction of sp³-hybridized carbons (Fsp3) is 0.500. The van der Waals surface area contributed by atoms with Crippen molar-refractivity contribution in [2.45, 2.75) is 52.4 Å². The molecule has 1 rings (SSSR count). The number of rotatable bonds is 8. The Morgan fingerprint density at radius 1 is 1.05 bits per heavy atom. The summed E-state index contributed by atoms with van der Waals surface area (Å²) in [6, 6.07) is 10.0. The maximum atomic E-state index is 11.6. The molecular formula is C16H24N2O. The second-order valence-electron chi connectivity index (χ2n) is 4.67. The zero-order valence-corrected chi connectivity index (χ0v) is 12.0. The number of carbonyl (C=O) groups is 1. The van der Waals surface area contributed by atoms with Gasteiger partial charge in [-0.05, 0) is 24.8 Å². The lowest BCUT2D eigenvalue weighted by molar-refractivity contribution is -0.121. The van der Waals surface area contributed by atoms with Crippen molar-refractivity contribution in [1.82, 2.24) is 5.43 Å². The first-order valence-corrected chi connectivity index (χ1v) is 7.18. The van der Waals surface area contributed by atoms with E-state index in [9.17, 15) is 4.79 Å². The third-order valence-electron chi connectivity index (χ3n) is 2.95. The van der Waals surface area contributed by atoms with Crippen molar-refractivity contribution in [3.05, 3.63) is 35.9 Å². The van der Waals surface area contributed by atoms with Crippen LogP contribution in [0.25, 0.3) is 0 Å². The molecule has 0 aromatic heterocycles. The zero-order valence-electron chi connectivity index (χ0n) is 12.0. The number of nitrogens with one attached hydrogen (secondary N) is 1. The summed E-state index contributed by atoms with van der Waals surface area (Å²) in [5.74, 6) is 0.00628. The van der Waals surface area contributed by atoms with Gasteiger partial charge >= 0.3 is 0 Å². The number of hydrogen-bond donors (Lipinski definition) is 1. The molecule has 0 aliphatic rings. The van der Waals surface area contributed by atoms with Gasteiger partial charge in [0.1, 0.15) is 0 Å². The summed E-state index contributed by atoms with van der Waals surface area (Å²) in [4.78, 5) is 11.6. The van der Waals surface area contributed by atoms with Crippen molar-refractivity contribution in [3.63, 3.8) is 0 Å². The molecule has 0 radical (unpaired) electrons. The molecule has 0 saturated carbocycles. The topological polar surface area (TPSA) is 41.5 Å². The normalized spacial score (nSPS) is 11.4. The zero-order chi connectivity index (χ0) is 13.9. The van der Waals surface area contributed by atoms with Crippen LogP contribution in [-0.2, 0) is 4.79 Å². The minimum absolute atomic E-state index is 0.00628. The predicted octanol–water partition coefficient (Wildman–Crippen LogP) is 3.89. The first kappa shape index (κ1) is 15.4. The summed E-state index contributed by atoms with van der Waals surface area (Å²) in [5.41, 5.74) is 4.73. The van der Waals surface area contributed by atoms with Crippen LogP contribution < -0.4 is 5.43 Å². The number of carbonyl (C=O) groups excluding carboxylic acids is 1. The molecule has 0 unspecified atom stereocenters. The predicted molar refractivity (Wildman–Crippen MR) is 80.2 cm³/mol. The first-order chi connectivity index (χ1) is 9.27. The fourth-order valence-corrected chi connectivity index (χ4v) is 1.76. The Kier molecular flexibility index (Phi) is 7.56. The Morgan fingerprint density at radius 3 is 2.32 bits per heavy atom. The van der Waals surface area contributed by atoms with E-state index in [2.05, 4.69) is 24.4 Å². The lowest BCUT2D eigenvalue weighted by atomic mass is 10.1. The summed E-state index contributed by atoms with van der Waals surface area (Å²) < 4.78 is 0. The van der Waals surface area contributed by atoms with Crippen LogP contribution in [0.4, 0.5) is 0 Å². The molecule has 1 N–H and O–H groups in total. The Labute approximate surface area is 116 Å². The SMILES string of the molecule is CCCCC(=O)NN=C(CCCC)c1ccccc1. The van der Waals surface area contributed by atoms with Crippen LogP contribution in [-0.4, -0.2) is 11.6 Å². The van der Waals surface area contributed by atoms with Gasteiger partial charge in [0.2, 0.25) is 5.91 Å². The van der Waals surface area contributed by atoms with Crippen molar-refractivity contribution in [3.8, 4) is 0 Å². The van der Waals surface area contributed by atoms with E-state index in [4.69, 9.17) is 0 Å². The van der Waals surface area contributed by atoms with Gasteiger partial charge in [-0.2, -0.15) is 5.10 Å². The molecule has 1 aromatic rings. The van der Waals surface area contributed by atoms with Crippen molar-refractivity contribution in [2.75, 3.05) is 0 Å². The van der Waals surface area contributed by atoms with Gasteiger partial charge < -0.3 is 0 Å². The Hall–Kier alpha value is -1.64.